The van der Waals surface area contributed by atoms with Crippen LogP contribution in [0.2, 0.25) is 5.21 Å². The van der Waals surface area contributed by atoms with Crippen LogP contribution in [0.5, 0.6) is 0 Å². The molecule has 2 aromatic rings. The fourth-order valence-corrected chi connectivity index (χ4v) is 6.73. The van der Waals surface area contributed by atoms with E-state index < -0.39 is 14.7 Å². The Morgan fingerprint density at radius 3 is 1.56 bits per heavy atom. The van der Waals surface area contributed by atoms with Crippen LogP contribution in [0.3, 0.4) is 0 Å². The SMILES string of the molecule is CCC[As](c1ccccc1)c1ccccc1. The van der Waals surface area contributed by atoms with Gasteiger partial charge in [-0.1, -0.05) is 0 Å². The van der Waals surface area contributed by atoms with E-state index in [1.165, 1.54) is 11.6 Å². The van der Waals surface area contributed by atoms with Crippen LogP contribution in [-0.2, 0) is 0 Å². The van der Waals surface area contributed by atoms with E-state index >= 15 is 0 Å². The van der Waals surface area contributed by atoms with Crippen molar-refractivity contribution in [1.82, 2.24) is 0 Å². The Bertz CT molecular complexity index is 368. The van der Waals surface area contributed by atoms with Gasteiger partial charge in [0.2, 0.25) is 0 Å². The third kappa shape index (κ3) is 2.77. The van der Waals surface area contributed by atoms with Crippen LogP contribution in [0, 0.1) is 0 Å². The van der Waals surface area contributed by atoms with Crippen LogP contribution in [0.15, 0.2) is 60.7 Å². The molecule has 1 heteroatoms. The topological polar surface area (TPSA) is 0 Å². The quantitative estimate of drug-likeness (QED) is 0.751. The summed E-state index contributed by atoms with van der Waals surface area (Å²) in [4.78, 5) is 0. The summed E-state index contributed by atoms with van der Waals surface area (Å²) in [6.07, 6.45) is 1.28. The number of hydrogen-bond donors (Lipinski definition) is 0. The molecule has 0 N–H and O–H groups in total. The van der Waals surface area contributed by atoms with Crippen molar-refractivity contribution in [2.75, 3.05) is 0 Å². The Labute approximate surface area is 103 Å². The molecule has 0 radical (unpaired) electrons. The second-order valence-electron chi connectivity index (χ2n) is 3.82. The van der Waals surface area contributed by atoms with Gasteiger partial charge in [-0.15, -0.1) is 0 Å². The summed E-state index contributed by atoms with van der Waals surface area (Å²) in [7, 11) is 0. The van der Waals surface area contributed by atoms with Crippen LogP contribution in [0.4, 0.5) is 0 Å². The number of hydrogen-bond acceptors (Lipinski definition) is 0. The van der Waals surface area contributed by atoms with Crippen LogP contribution in [-0.4, -0.2) is 14.7 Å². The van der Waals surface area contributed by atoms with E-state index in [0.29, 0.717) is 0 Å². The summed E-state index contributed by atoms with van der Waals surface area (Å²) in [5.41, 5.74) is 0. The molecular formula is C15H17As. The zero-order valence-corrected chi connectivity index (χ0v) is 11.5. The van der Waals surface area contributed by atoms with Gasteiger partial charge in [-0.3, -0.25) is 0 Å². The van der Waals surface area contributed by atoms with Crippen molar-refractivity contribution in [2.45, 2.75) is 18.6 Å². The van der Waals surface area contributed by atoms with Crippen LogP contribution >= 0.6 is 0 Å². The molecule has 0 heterocycles. The summed E-state index contributed by atoms with van der Waals surface area (Å²) >= 11 is -1.03. The van der Waals surface area contributed by atoms with Crippen molar-refractivity contribution in [3.8, 4) is 0 Å². The van der Waals surface area contributed by atoms with Crippen LogP contribution in [0.25, 0.3) is 0 Å². The molecule has 0 spiro atoms. The summed E-state index contributed by atoms with van der Waals surface area (Å²) in [5.74, 6) is 0. The van der Waals surface area contributed by atoms with Gasteiger partial charge >= 0.3 is 103 Å². The summed E-state index contributed by atoms with van der Waals surface area (Å²) in [5, 5.41) is 1.36. The van der Waals surface area contributed by atoms with E-state index in [4.69, 9.17) is 0 Å². The third-order valence-electron chi connectivity index (χ3n) is 2.58. The molecule has 0 unspecified atom stereocenters. The average Bonchev–Trinajstić information content (AvgIpc) is 2.38. The molecule has 0 bridgehead atoms. The summed E-state index contributed by atoms with van der Waals surface area (Å²) < 4.78 is 3.14. The second kappa shape index (κ2) is 5.91. The zero-order chi connectivity index (χ0) is 11.2. The van der Waals surface area contributed by atoms with E-state index in [1.807, 2.05) is 0 Å². The minimum atomic E-state index is -1.03. The molecule has 0 atom stereocenters. The van der Waals surface area contributed by atoms with Crippen molar-refractivity contribution in [3.05, 3.63) is 60.7 Å². The van der Waals surface area contributed by atoms with Crippen LogP contribution in [0.1, 0.15) is 13.3 Å². The Kier molecular flexibility index (Phi) is 4.24. The predicted octanol–water partition coefficient (Wildman–Crippen LogP) is 2.71. The first-order valence-corrected chi connectivity index (χ1v) is 9.00. The summed E-state index contributed by atoms with van der Waals surface area (Å²) in [6, 6.07) is 22.0. The molecule has 0 saturated heterocycles. The Balaban J connectivity index is 2.31. The first kappa shape index (κ1) is 11.5. The maximum absolute atomic E-state index is 2.29. The first-order valence-electron chi connectivity index (χ1n) is 5.79. The van der Waals surface area contributed by atoms with Gasteiger partial charge < -0.3 is 0 Å². The van der Waals surface area contributed by atoms with Gasteiger partial charge in [-0.2, -0.15) is 0 Å². The molecule has 0 fully saturated rings. The van der Waals surface area contributed by atoms with Crippen LogP contribution < -0.4 is 8.70 Å². The molecule has 82 valence electrons. The molecule has 0 nitrogen and oxygen atoms in total. The zero-order valence-electron chi connectivity index (χ0n) is 9.63. The van der Waals surface area contributed by atoms with E-state index in [1.54, 1.807) is 8.70 Å². The van der Waals surface area contributed by atoms with Gasteiger partial charge in [0.25, 0.3) is 0 Å². The number of benzene rings is 2. The normalized spacial score (nSPS) is 10.6. The fourth-order valence-electron chi connectivity index (χ4n) is 1.85. The molecule has 0 aromatic heterocycles. The van der Waals surface area contributed by atoms with Gasteiger partial charge in [0.15, 0.2) is 0 Å². The van der Waals surface area contributed by atoms with Crippen molar-refractivity contribution in [1.29, 1.82) is 0 Å². The Hall–Kier alpha value is -1.00. The van der Waals surface area contributed by atoms with Gasteiger partial charge in [0.05, 0.1) is 0 Å². The second-order valence-corrected chi connectivity index (χ2v) is 8.72. The van der Waals surface area contributed by atoms with Crippen molar-refractivity contribution in [3.63, 3.8) is 0 Å². The molecule has 0 saturated carbocycles. The van der Waals surface area contributed by atoms with E-state index in [-0.39, 0.29) is 0 Å². The monoisotopic (exact) mass is 272 g/mol. The average molecular weight is 272 g/mol. The van der Waals surface area contributed by atoms with E-state index in [9.17, 15) is 0 Å². The third-order valence-corrected chi connectivity index (χ3v) is 8.33. The Morgan fingerprint density at radius 1 is 0.750 bits per heavy atom. The van der Waals surface area contributed by atoms with Crippen molar-refractivity contribution >= 4 is 23.4 Å². The maximum atomic E-state index is 2.29. The van der Waals surface area contributed by atoms with Gasteiger partial charge in [-0.05, 0) is 0 Å². The molecule has 2 rings (SSSR count). The van der Waals surface area contributed by atoms with E-state index in [2.05, 4.69) is 67.6 Å². The molecule has 0 aliphatic heterocycles. The molecule has 0 amide bonds. The first-order chi connectivity index (χ1) is 7.92. The number of rotatable bonds is 4. The predicted molar refractivity (Wildman–Crippen MR) is 73.0 cm³/mol. The van der Waals surface area contributed by atoms with Crippen molar-refractivity contribution in [2.24, 2.45) is 0 Å². The van der Waals surface area contributed by atoms with Gasteiger partial charge in [0, 0.05) is 0 Å². The van der Waals surface area contributed by atoms with E-state index in [0.717, 1.165) is 0 Å². The van der Waals surface area contributed by atoms with Crippen molar-refractivity contribution < 1.29 is 0 Å². The summed E-state index contributed by atoms with van der Waals surface area (Å²) in [6.45, 7) is 2.29. The van der Waals surface area contributed by atoms with Gasteiger partial charge in [-0.25, -0.2) is 0 Å². The molecule has 16 heavy (non-hydrogen) atoms. The molecule has 0 aliphatic rings. The van der Waals surface area contributed by atoms with Gasteiger partial charge in [0.1, 0.15) is 0 Å². The Morgan fingerprint density at radius 2 is 1.19 bits per heavy atom. The minimum absolute atomic E-state index is 1.03. The standard InChI is InChI=1S/C15H17As/c1-2-13-16(14-9-5-3-6-10-14)15-11-7-4-8-12-15/h3-12H,2,13H2,1H3. The fraction of sp³-hybridized carbons (Fsp3) is 0.200. The molecule has 2 aromatic carbocycles. The molecular weight excluding hydrogens is 255 g/mol. The molecule has 0 aliphatic carbocycles.